The predicted octanol–water partition coefficient (Wildman–Crippen LogP) is 2.03. The number of benzene rings is 1. The van der Waals surface area contributed by atoms with Crippen molar-refractivity contribution < 1.29 is 19.1 Å². The normalized spacial score (nSPS) is 19.4. The van der Waals surface area contributed by atoms with Gasteiger partial charge in [0, 0.05) is 25.6 Å². The fourth-order valence-electron chi connectivity index (χ4n) is 3.19. The lowest BCUT2D eigenvalue weighted by molar-refractivity contribution is -0.129. The summed E-state index contributed by atoms with van der Waals surface area (Å²) in [5.41, 5.74) is 0.973. The Balaban J connectivity index is 1.52. The van der Waals surface area contributed by atoms with Crippen LogP contribution in [-0.4, -0.2) is 49.1 Å². The zero-order chi connectivity index (χ0) is 18.0. The molecule has 2 aliphatic rings. The van der Waals surface area contributed by atoms with E-state index in [2.05, 4.69) is 5.32 Å². The zero-order valence-electron chi connectivity index (χ0n) is 14.5. The van der Waals surface area contributed by atoms with Crippen molar-refractivity contribution in [3.05, 3.63) is 22.7 Å². The van der Waals surface area contributed by atoms with E-state index < -0.39 is 0 Å². The first-order valence-electron chi connectivity index (χ1n) is 8.61. The van der Waals surface area contributed by atoms with Gasteiger partial charge in [0.1, 0.15) is 13.2 Å². The predicted molar refractivity (Wildman–Crippen MR) is 94.1 cm³/mol. The molecular formula is C18H23ClN2O4. The van der Waals surface area contributed by atoms with Gasteiger partial charge in [-0.2, -0.15) is 0 Å². The lowest BCUT2D eigenvalue weighted by Gasteiger charge is -2.21. The van der Waals surface area contributed by atoms with Gasteiger partial charge in [-0.15, -0.1) is 0 Å². The monoisotopic (exact) mass is 366 g/mol. The maximum Gasteiger partial charge on any atom is 0.225 e. The molecule has 3 rings (SSSR count). The van der Waals surface area contributed by atoms with Crippen LogP contribution in [0.5, 0.6) is 11.5 Å². The SMILES string of the molecule is CC(C)N1CC(C(=O)NCCc2cc(Cl)c3c(c2)OCCO3)CC1=O. The molecule has 0 spiro atoms. The molecule has 25 heavy (non-hydrogen) atoms. The highest BCUT2D eigenvalue weighted by molar-refractivity contribution is 6.32. The maximum atomic E-state index is 12.3. The third-order valence-electron chi connectivity index (χ3n) is 4.52. The molecule has 2 aliphatic heterocycles. The molecule has 1 saturated heterocycles. The molecule has 1 aromatic carbocycles. The summed E-state index contributed by atoms with van der Waals surface area (Å²) in [6.45, 7) is 5.91. The van der Waals surface area contributed by atoms with Crippen LogP contribution in [0, 0.1) is 5.92 Å². The fraction of sp³-hybridized carbons (Fsp3) is 0.556. The highest BCUT2D eigenvalue weighted by Crippen LogP contribution is 2.38. The van der Waals surface area contributed by atoms with E-state index in [0.29, 0.717) is 55.7 Å². The van der Waals surface area contributed by atoms with Gasteiger partial charge < -0.3 is 19.7 Å². The van der Waals surface area contributed by atoms with E-state index in [4.69, 9.17) is 21.1 Å². The first-order valence-corrected chi connectivity index (χ1v) is 8.98. The van der Waals surface area contributed by atoms with E-state index in [1.54, 1.807) is 4.90 Å². The van der Waals surface area contributed by atoms with Gasteiger partial charge in [-0.1, -0.05) is 11.6 Å². The van der Waals surface area contributed by atoms with Crippen LogP contribution in [0.2, 0.25) is 5.02 Å². The number of hydrogen-bond donors (Lipinski definition) is 1. The van der Waals surface area contributed by atoms with Crippen molar-refractivity contribution in [2.24, 2.45) is 5.92 Å². The van der Waals surface area contributed by atoms with Gasteiger partial charge in [0.25, 0.3) is 0 Å². The Morgan fingerprint density at radius 3 is 2.84 bits per heavy atom. The second-order valence-electron chi connectivity index (χ2n) is 6.68. The standard InChI is InChI=1S/C18H23ClN2O4/c1-11(2)21-10-13(9-16(21)22)18(23)20-4-3-12-7-14(19)17-15(8-12)24-5-6-25-17/h7-8,11,13H,3-6,9-10H2,1-2H3,(H,20,23). The number of fused-ring (bicyclic) bond motifs is 1. The second kappa shape index (κ2) is 7.52. The molecule has 2 heterocycles. The lowest BCUT2D eigenvalue weighted by Crippen LogP contribution is -2.36. The molecule has 1 atom stereocenters. The van der Waals surface area contributed by atoms with Crippen LogP contribution in [0.15, 0.2) is 12.1 Å². The summed E-state index contributed by atoms with van der Waals surface area (Å²) in [6.07, 6.45) is 0.927. The molecule has 7 heteroatoms. The third kappa shape index (κ3) is 4.00. The van der Waals surface area contributed by atoms with Gasteiger partial charge in [0.2, 0.25) is 11.8 Å². The molecule has 1 N–H and O–H groups in total. The van der Waals surface area contributed by atoms with Crippen molar-refractivity contribution in [1.82, 2.24) is 10.2 Å². The summed E-state index contributed by atoms with van der Waals surface area (Å²) >= 11 is 6.22. The molecule has 136 valence electrons. The van der Waals surface area contributed by atoms with Crippen molar-refractivity contribution in [3.63, 3.8) is 0 Å². The molecular weight excluding hydrogens is 344 g/mol. The van der Waals surface area contributed by atoms with Gasteiger partial charge in [0.15, 0.2) is 11.5 Å². The number of rotatable bonds is 5. The Morgan fingerprint density at radius 2 is 2.12 bits per heavy atom. The smallest absolute Gasteiger partial charge is 0.225 e. The van der Waals surface area contributed by atoms with Crippen LogP contribution >= 0.6 is 11.6 Å². The fourth-order valence-corrected chi connectivity index (χ4v) is 3.48. The van der Waals surface area contributed by atoms with Gasteiger partial charge >= 0.3 is 0 Å². The summed E-state index contributed by atoms with van der Waals surface area (Å²) < 4.78 is 11.1. The Kier molecular flexibility index (Phi) is 5.37. The topological polar surface area (TPSA) is 67.9 Å². The van der Waals surface area contributed by atoms with Crippen LogP contribution in [0.25, 0.3) is 0 Å². The quantitative estimate of drug-likeness (QED) is 0.865. The molecule has 2 amide bonds. The zero-order valence-corrected chi connectivity index (χ0v) is 15.3. The summed E-state index contributed by atoms with van der Waals surface area (Å²) in [5.74, 6) is 0.945. The maximum absolute atomic E-state index is 12.3. The molecule has 1 fully saturated rings. The first kappa shape index (κ1) is 17.9. The van der Waals surface area contributed by atoms with E-state index in [1.165, 1.54) is 0 Å². The molecule has 0 aliphatic carbocycles. The van der Waals surface area contributed by atoms with Crippen molar-refractivity contribution in [1.29, 1.82) is 0 Å². The molecule has 1 aromatic rings. The lowest BCUT2D eigenvalue weighted by atomic mass is 10.1. The third-order valence-corrected chi connectivity index (χ3v) is 4.80. The van der Waals surface area contributed by atoms with Crippen molar-refractivity contribution in [2.45, 2.75) is 32.7 Å². The van der Waals surface area contributed by atoms with Gasteiger partial charge in [-0.25, -0.2) is 0 Å². The van der Waals surface area contributed by atoms with Gasteiger partial charge in [0.05, 0.1) is 10.9 Å². The Hall–Kier alpha value is -1.95. The molecule has 6 nitrogen and oxygen atoms in total. The average Bonchev–Trinajstić information content (AvgIpc) is 2.97. The van der Waals surface area contributed by atoms with Crippen molar-refractivity contribution >= 4 is 23.4 Å². The van der Waals surface area contributed by atoms with Gasteiger partial charge in [-0.05, 0) is 38.0 Å². The molecule has 1 unspecified atom stereocenters. The number of amides is 2. The van der Waals surface area contributed by atoms with E-state index in [9.17, 15) is 9.59 Å². The number of ether oxygens (including phenoxy) is 2. The van der Waals surface area contributed by atoms with Crippen LogP contribution in [0.4, 0.5) is 0 Å². The number of carbonyl (C=O) groups is 2. The van der Waals surface area contributed by atoms with Gasteiger partial charge in [-0.3, -0.25) is 9.59 Å². The van der Waals surface area contributed by atoms with E-state index in [-0.39, 0.29) is 23.8 Å². The van der Waals surface area contributed by atoms with E-state index >= 15 is 0 Å². The number of nitrogens with one attached hydrogen (secondary N) is 1. The summed E-state index contributed by atoms with van der Waals surface area (Å²) in [6, 6.07) is 3.86. The number of nitrogens with zero attached hydrogens (tertiary/aromatic N) is 1. The Morgan fingerprint density at radius 1 is 1.36 bits per heavy atom. The molecule has 0 bridgehead atoms. The minimum Gasteiger partial charge on any atom is -0.486 e. The average molecular weight is 367 g/mol. The Labute approximate surface area is 152 Å². The number of likely N-dealkylation sites (tertiary alicyclic amines) is 1. The summed E-state index contributed by atoms with van der Waals surface area (Å²) in [5, 5.41) is 3.44. The summed E-state index contributed by atoms with van der Waals surface area (Å²) in [4.78, 5) is 25.9. The minimum absolute atomic E-state index is 0.0498. The largest absolute Gasteiger partial charge is 0.486 e. The first-order chi connectivity index (χ1) is 12.0. The molecule has 0 radical (unpaired) electrons. The number of hydrogen-bond acceptors (Lipinski definition) is 4. The van der Waals surface area contributed by atoms with Crippen molar-refractivity contribution in [3.8, 4) is 11.5 Å². The van der Waals surface area contributed by atoms with E-state index in [0.717, 1.165) is 5.56 Å². The van der Waals surface area contributed by atoms with Crippen LogP contribution in [0.1, 0.15) is 25.8 Å². The van der Waals surface area contributed by atoms with Crippen LogP contribution < -0.4 is 14.8 Å². The Bertz CT molecular complexity index is 677. The van der Waals surface area contributed by atoms with Crippen LogP contribution in [-0.2, 0) is 16.0 Å². The molecule has 0 saturated carbocycles. The highest BCUT2D eigenvalue weighted by atomic mass is 35.5. The number of carbonyl (C=O) groups excluding carboxylic acids is 2. The van der Waals surface area contributed by atoms with Crippen molar-refractivity contribution in [2.75, 3.05) is 26.3 Å². The van der Waals surface area contributed by atoms with E-state index in [1.807, 2.05) is 26.0 Å². The second-order valence-corrected chi connectivity index (χ2v) is 7.09. The minimum atomic E-state index is -0.265. The van der Waals surface area contributed by atoms with Crippen LogP contribution in [0.3, 0.4) is 0 Å². The highest BCUT2D eigenvalue weighted by Gasteiger charge is 2.35. The molecule has 0 aromatic heterocycles. The summed E-state index contributed by atoms with van der Waals surface area (Å²) in [7, 11) is 0. The number of halogens is 1.